The number of alkyl halides is 2. The van der Waals surface area contributed by atoms with Crippen molar-refractivity contribution < 1.29 is 44.6 Å². The quantitative estimate of drug-likeness (QED) is 0.220. The van der Waals surface area contributed by atoms with Crippen molar-refractivity contribution in [1.29, 1.82) is 0 Å². The average molecular weight is 492 g/mol. The molecule has 0 radical (unpaired) electrons. The molecule has 0 amide bonds. The lowest BCUT2D eigenvalue weighted by Gasteiger charge is -2.32. The highest BCUT2D eigenvalue weighted by Crippen LogP contribution is 2.41. The maximum atomic E-state index is 14.6. The number of allylic oxidation sites excluding steroid dienone is 2. The van der Waals surface area contributed by atoms with E-state index in [1.165, 1.54) is 0 Å². The third-order valence-corrected chi connectivity index (χ3v) is 5.53. The normalized spacial score (nSPS) is 18.7. The topological polar surface area (TPSA) is 18.5 Å². The molecular formula is C24H20F8O2. The fourth-order valence-corrected chi connectivity index (χ4v) is 3.97. The van der Waals surface area contributed by atoms with Crippen LogP contribution in [0.4, 0.5) is 35.1 Å². The van der Waals surface area contributed by atoms with E-state index >= 15 is 0 Å². The molecule has 1 aliphatic carbocycles. The van der Waals surface area contributed by atoms with Crippen LogP contribution in [-0.2, 0) is 0 Å². The van der Waals surface area contributed by atoms with Gasteiger partial charge in [-0.25, -0.2) is 17.6 Å². The lowest BCUT2D eigenvalue weighted by molar-refractivity contribution is -0.223. The molecule has 0 saturated heterocycles. The predicted octanol–water partition coefficient (Wildman–Crippen LogP) is 8.38. The molecule has 34 heavy (non-hydrogen) atoms. The van der Waals surface area contributed by atoms with Gasteiger partial charge in [-0.2, -0.15) is 17.6 Å². The van der Waals surface area contributed by atoms with Crippen LogP contribution in [0, 0.1) is 35.1 Å². The number of benzene rings is 2. The van der Waals surface area contributed by atoms with E-state index in [-0.39, 0.29) is 25.0 Å². The molecule has 0 aliphatic heterocycles. The minimum absolute atomic E-state index is 0.166. The van der Waals surface area contributed by atoms with E-state index in [1.54, 1.807) is 0 Å². The Kier molecular flexibility index (Phi) is 7.89. The maximum Gasteiger partial charge on any atom is 0.400 e. The van der Waals surface area contributed by atoms with Gasteiger partial charge >= 0.3 is 12.2 Å². The lowest BCUT2D eigenvalue weighted by atomic mass is 9.81. The molecule has 2 aromatic carbocycles. The first-order valence-corrected chi connectivity index (χ1v) is 10.4. The van der Waals surface area contributed by atoms with Gasteiger partial charge in [0, 0.05) is 12.1 Å². The van der Waals surface area contributed by atoms with Crippen LogP contribution in [0.25, 0.3) is 11.1 Å². The summed E-state index contributed by atoms with van der Waals surface area (Å²) >= 11 is 0. The van der Waals surface area contributed by atoms with Gasteiger partial charge in [0.25, 0.3) is 0 Å². The van der Waals surface area contributed by atoms with Gasteiger partial charge in [-0.1, -0.05) is 12.2 Å². The lowest BCUT2D eigenvalue weighted by Crippen LogP contribution is -2.37. The summed E-state index contributed by atoms with van der Waals surface area (Å²) in [7, 11) is 0. The second kappa shape index (κ2) is 10.5. The van der Waals surface area contributed by atoms with E-state index < -0.39 is 64.0 Å². The zero-order valence-corrected chi connectivity index (χ0v) is 17.9. The number of halogens is 8. The van der Waals surface area contributed by atoms with E-state index in [1.807, 2.05) is 19.1 Å². The highest BCUT2D eigenvalue weighted by molar-refractivity contribution is 5.67. The molecule has 0 spiro atoms. The Morgan fingerprint density at radius 1 is 0.882 bits per heavy atom. The zero-order chi connectivity index (χ0) is 25.0. The Morgan fingerprint density at radius 3 is 1.94 bits per heavy atom. The number of hydrogen-bond donors (Lipinski definition) is 0. The molecule has 0 unspecified atom stereocenters. The van der Waals surface area contributed by atoms with Crippen molar-refractivity contribution in [1.82, 2.24) is 0 Å². The Morgan fingerprint density at radius 2 is 1.44 bits per heavy atom. The van der Waals surface area contributed by atoms with Crippen LogP contribution in [0.2, 0.25) is 0 Å². The summed E-state index contributed by atoms with van der Waals surface area (Å²) in [6.07, 6.45) is -1.07. The fraction of sp³-hybridized carbons (Fsp3) is 0.333. The molecule has 0 N–H and O–H groups in total. The molecule has 1 saturated carbocycles. The van der Waals surface area contributed by atoms with Gasteiger partial charge in [-0.3, -0.25) is 0 Å². The van der Waals surface area contributed by atoms with Crippen molar-refractivity contribution in [3.8, 4) is 22.6 Å². The van der Waals surface area contributed by atoms with E-state index in [4.69, 9.17) is 0 Å². The molecule has 1 fully saturated rings. The summed E-state index contributed by atoms with van der Waals surface area (Å²) < 4.78 is 120. The molecule has 1 aliphatic rings. The average Bonchev–Trinajstić information content (AvgIpc) is 2.73. The minimum Gasteiger partial charge on any atom is -0.453 e. The fourth-order valence-electron chi connectivity index (χ4n) is 3.97. The second-order valence-electron chi connectivity index (χ2n) is 7.86. The Balaban J connectivity index is 1.82. The summed E-state index contributed by atoms with van der Waals surface area (Å²) in [4.78, 5) is 0. The number of hydrogen-bond acceptors (Lipinski definition) is 2. The van der Waals surface area contributed by atoms with E-state index in [0.717, 1.165) is 0 Å². The van der Waals surface area contributed by atoms with Crippen LogP contribution >= 0.6 is 0 Å². The van der Waals surface area contributed by atoms with Gasteiger partial charge in [-0.15, -0.1) is 0 Å². The van der Waals surface area contributed by atoms with Crippen molar-refractivity contribution in [2.75, 3.05) is 0 Å². The first-order valence-electron chi connectivity index (χ1n) is 10.4. The first-order chi connectivity index (χ1) is 16.0. The van der Waals surface area contributed by atoms with Gasteiger partial charge in [0.2, 0.25) is 0 Å². The van der Waals surface area contributed by atoms with Crippen molar-refractivity contribution >= 4 is 0 Å². The third kappa shape index (κ3) is 5.90. The first kappa shape index (κ1) is 25.6. The van der Waals surface area contributed by atoms with Crippen molar-refractivity contribution in [2.45, 2.75) is 38.7 Å². The summed E-state index contributed by atoms with van der Waals surface area (Å²) in [5.41, 5.74) is -1.55. The molecule has 2 aromatic rings. The SMILES string of the molecule is CC=CC1CCC(C(F)(F)Oc2cc(F)c(-c3cc(F)c(OC=C(F)F)c(F)c3)c(F)c2)CC1. The standard InChI is InChI=1S/C24H20F8O2/c1-2-3-13-4-6-15(7-5-13)24(31,32)34-16-10-17(25)22(18(26)11-16)14-8-19(27)23(20(28)9-14)33-12-21(29)30/h2-3,8-13,15H,4-7H2,1H3. The van der Waals surface area contributed by atoms with Crippen molar-refractivity contribution in [2.24, 2.45) is 11.8 Å². The van der Waals surface area contributed by atoms with E-state index in [0.29, 0.717) is 37.1 Å². The van der Waals surface area contributed by atoms with E-state index in [2.05, 4.69) is 9.47 Å². The van der Waals surface area contributed by atoms with Crippen LogP contribution in [0.1, 0.15) is 32.6 Å². The molecule has 3 rings (SSSR count). The van der Waals surface area contributed by atoms with Crippen molar-refractivity contribution in [3.63, 3.8) is 0 Å². The predicted molar refractivity (Wildman–Crippen MR) is 108 cm³/mol. The Labute approximate surface area is 190 Å². The van der Waals surface area contributed by atoms with Gasteiger partial charge in [0.05, 0.1) is 11.5 Å². The van der Waals surface area contributed by atoms with Crippen molar-refractivity contribution in [3.05, 3.63) is 72.0 Å². The Bertz CT molecular complexity index is 1040. The summed E-state index contributed by atoms with van der Waals surface area (Å²) in [5, 5.41) is 0. The monoisotopic (exact) mass is 492 g/mol. The van der Waals surface area contributed by atoms with Crippen LogP contribution < -0.4 is 9.47 Å². The van der Waals surface area contributed by atoms with Crippen LogP contribution in [0.15, 0.2) is 48.8 Å². The molecular weight excluding hydrogens is 472 g/mol. The van der Waals surface area contributed by atoms with Gasteiger partial charge in [0.1, 0.15) is 17.4 Å². The smallest absolute Gasteiger partial charge is 0.400 e. The van der Waals surface area contributed by atoms with Gasteiger partial charge in [0.15, 0.2) is 23.6 Å². The minimum atomic E-state index is -3.68. The molecule has 10 heteroatoms. The third-order valence-electron chi connectivity index (χ3n) is 5.53. The molecule has 0 heterocycles. The number of rotatable bonds is 7. The largest absolute Gasteiger partial charge is 0.453 e. The van der Waals surface area contributed by atoms with Crippen LogP contribution in [-0.4, -0.2) is 6.11 Å². The van der Waals surface area contributed by atoms with Crippen LogP contribution in [0.3, 0.4) is 0 Å². The molecule has 0 bridgehead atoms. The van der Waals surface area contributed by atoms with Gasteiger partial charge in [-0.05, 0) is 56.2 Å². The molecule has 0 aromatic heterocycles. The molecule has 0 atom stereocenters. The molecule has 184 valence electrons. The second-order valence-corrected chi connectivity index (χ2v) is 7.86. The van der Waals surface area contributed by atoms with Gasteiger partial charge < -0.3 is 9.47 Å². The summed E-state index contributed by atoms with van der Waals surface area (Å²) in [6.45, 7) is 1.84. The summed E-state index contributed by atoms with van der Waals surface area (Å²) in [6, 6.07) is 1.89. The maximum absolute atomic E-state index is 14.6. The highest BCUT2D eigenvalue weighted by atomic mass is 19.3. The van der Waals surface area contributed by atoms with E-state index in [9.17, 15) is 35.1 Å². The summed E-state index contributed by atoms with van der Waals surface area (Å²) in [5.74, 6) is -8.78. The highest BCUT2D eigenvalue weighted by Gasteiger charge is 2.44. The Hall–Kier alpha value is -3.04. The number of ether oxygens (including phenoxy) is 2. The zero-order valence-electron chi connectivity index (χ0n) is 17.9. The van der Waals surface area contributed by atoms with Crippen LogP contribution in [0.5, 0.6) is 11.5 Å². The molecule has 2 nitrogen and oxygen atoms in total.